The van der Waals surface area contributed by atoms with Crippen molar-refractivity contribution in [3.05, 3.63) is 112 Å². The number of para-hydroxylation sites is 1. The smallest absolute Gasteiger partial charge is 0.269 e. The highest BCUT2D eigenvalue weighted by Crippen LogP contribution is 2.36. The third kappa shape index (κ3) is 5.87. The Kier molecular flexibility index (Phi) is 7.58. The van der Waals surface area contributed by atoms with Gasteiger partial charge in [0.1, 0.15) is 11.8 Å². The van der Waals surface area contributed by atoms with Crippen LogP contribution < -0.4 is 10.6 Å². The van der Waals surface area contributed by atoms with Gasteiger partial charge < -0.3 is 10.6 Å². The van der Waals surface area contributed by atoms with Crippen LogP contribution in [0, 0.1) is 28.4 Å². The Morgan fingerprint density at radius 2 is 1.61 bits per heavy atom. The third-order valence-corrected chi connectivity index (χ3v) is 5.44. The lowest BCUT2D eigenvalue weighted by molar-refractivity contribution is -0.384. The summed E-state index contributed by atoms with van der Waals surface area (Å²) in [5, 5.41) is 36.0. The number of non-ortho nitro benzene ring substituents is 1. The molecule has 0 aliphatic carbocycles. The second kappa shape index (κ2) is 11.4. The normalized spacial score (nSPS) is 10.7. The number of azo groups is 1. The number of nitro benzene ring substituents is 1. The summed E-state index contributed by atoms with van der Waals surface area (Å²) in [6.07, 6.45) is 0.766. The molecule has 178 valence electrons. The molecule has 9 nitrogen and oxygen atoms in total. The van der Waals surface area contributed by atoms with Crippen LogP contribution in [0.1, 0.15) is 16.7 Å². The molecular weight excluding hydrogens is 454 g/mol. The molecule has 0 radical (unpaired) electrons. The van der Waals surface area contributed by atoms with Crippen molar-refractivity contribution in [2.24, 2.45) is 10.2 Å². The van der Waals surface area contributed by atoms with Crippen molar-refractivity contribution in [3.63, 3.8) is 0 Å². The van der Waals surface area contributed by atoms with Gasteiger partial charge >= 0.3 is 0 Å². The summed E-state index contributed by atoms with van der Waals surface area (Å²) in [7, 11) is 0. The van der Waals surface area contributed by atoms with Gasteiger partial charge in [0, 0.05) is 29.9 Å². The molecule has 4 aromatic rings. The van der Waals surface area contributed by atoms with Gasteiger partial charge in [0.2, 0.25) is 0 Å². The minimum absolute atomic E-state index is 0.0295. The number of nitriles is 1. The molecule has 0 amide bonds. The monoisotopic (exact) mass is 477 g/mol. The Bertz CT molecular complexity index is 1410. The lowest BCUT2D eigenvalue weighted by Gasteiger charge is -2.15. The Morgan fingerprint density at radius 3 is 2.25 bits per heavy atom. The molecule has 0 spiro atoms. The molecule has 0 saturated carbocycles. The summed E-state index contributed by atoms with van der Waals surface area (Å²) in [5.41, 5.74) is 3.78. The highest BCUT2D eigenvalue weighted by Gasteiger charge is 2.18. The fraction of sp³-hybridized carbons (Fsp3) is 0.111. The minimum Gasteiger partial charge on any atom is -0.368 e. The van der Waals surface area contributed by atoms with Crippen LogP contribution in [0.4, 0.5) is 34.4 Å². The van der Waals surface area contributed by atoms with E-state index in [1.807, 2.05) is 48.5 Å². The highest BCUT2D eigenvalue weighted by molar-refractivity contribution is 5.76. The first-order chi connectivity index (χ1) is 17.5. The van der Waals surface area contributed by atoms with E-state index in [4.69, 9.17) is 4.98 Å². The summed E-state index contributed by atoms with van der Waals surface area (Å²) < 4.78 is 0. The second-order valence-corrected chi connectivity index (χ2v) is 7.90. The number of nitrogens with zero attached hydrogens (tertiary/aromatic N) is 5. The number of rotatable bonds is 9. The van der Waals surface area contributed by atoms with Crippen LogP contribution in [0.3, 0.4) is 0 Å². The van der Waals surface area contributed by atoms with Crippen molar-refractivity contribution < 1.29 is 4.92 Å². The molecule has 0 bridgehead atoms. The van der Waals surface area contributed by atoms with E-state index in [9.17, 15) is 15.4 Å². The number of aromatic nitrogens is 1. The van der Waals surface area contributed by atoms with Crippen molar-refractivity contribution in [1.29, 1.82) is 5.26 Å². The first-order valence-electron chi connectivity index (χ1n) is 11.3. The van der Waals surface area contributed by atoms with Crippen molar-refractivity contribution in [2.45, 2.75) is 13.3 Å². The van der Waals surface area contributed by atoms with E-state index in [1.165, 1.54) is 29.8 Å². The lowest BCUT2D eigenvalue weighted by atomic mass is 10.1. The maximum absolute atomic E-state index is 10.9. The summed E-state index contributed by atoms with van der Waals surface area (Å²) in [6, 6.07) is 27.5. The Hall–Kier alpha value is -5.10. The van der Waals surface area contributed by atoms with Crippen LogP contribution >= 0.6 is 0 Å². The van der Waals surface area contributed by atoms with Gasteiger partial charge in [0.15, 0.2) is 11.6 Å². The molecule has 1 aromatic heterocycles. The van der Waals surface area contributed by atoms with E-state index in [1.54, 1.807) is 6.92 Å². The van der Waals surface area contributed by atoms with Gasteiger partial charge in [-0.05, 0) is 43.2 Å². The zero-order valence-corrected chi connectivity index (χ0v) is 19.5. The summed E-state index contributed by atoms with van der Waals surface area (Å²) in [5.74, 6) is 0.893. The molecule has 0 aliphatic rings. The molecule has 2 N–H and O–H groups in total. The maximum atomic E-state index is 10.9. The van der Waals surface area contributed by atoms with Gasteiger partial charge in [-0.15, -0.1) is 5.11 Å². The van der Waals surface area contributed by atoms with Crippen LogP contribution in [0.5, 0.6) is 0 Å². The van der Waals surface area contributed by atoms with Gasteiger partial charge in [-0.1, -0.05) is 48.5 Å². The molecule has 3 aromatic carbocycles. The van der Waals surface area contributed by atoms with E-state index in [0.29, 0.717) is 40.7 Å². The number of hydrogen-bond acceptors (Lipinski definition) is 8. The Balaban J connectivity index is 1.68. The van der Waals surface area contributed by atoms with Crippen molar-refractivity contribution in [1.82, 2.24) is 4.98 Å². The average molecular weight is 478 g/mol. The molecule has 9 heteroatoms. The van der Waals surface area contributed by atoms with E-state index >= 15 is 0 Å². The quantitative estimate of drug-likeness (QED) is 0.152. The molecule has 0 saturated heterocycles. The molecule has 0 aliphatic heterocycles. The zero-order valence-electron chi connectivity index (χ0n) is 19.5. The van der Waals surface area contributed by atoms with E-state index in [2.05, 4.69) is 39.1 Å². The zero-order chi connectivity index (χ0) is 25.3. The van der Waals surface area contributed by atoms with Crippen molar-refractivity contribution in [2.75, 3.05) is 17.2 Å². The lowest BCUT2D eigenvalue weighted by Crippen LogP contribution is -2.09. The SMILES string of the molecule is Cc1c(C#N)c(Nc2ccccc2)nc(NCCc2ccccc2)c1N=Nc1ccc([N+](=O)[O-])cc1. The van der Waals surface area contributed by atoms with Gasteiger partial charge in [-0.2, -0.15) is 10.4 Å². The third-order valence-electron chi connectivity index (χ3n) is 5.44. The number of anilines is 3. The molecule has 36 heavy (non-hydrogen) atoms. The summed E-state index contributed by atoms with van der Waals surface area (Å²) in [6.45, 7) is 2.39. The van der Waals surface area contributed by atoms with E-state index in [-0.39, 0.29) is 5.69 Å². The van der Waals surface area contributed by atoms with Gasteiger partial charge in [-0.3, -0.25) is 10.1 Å². The van der Waals surface area contributed by atoms with Gasteiger partial charge in [0.25, 0.3) is 5.69 Å². The summed E-state index contributed by atoms with van der Waals surface area (Å²) >= 11 is 0. The summed E-state index contributed by atoms with van der Waals surface area (Å²) in [4.78, 5) is 15.1. The average Bonchev–Trinajstić information content (AvgIpc) is 2.90. The molecule has 0 fully saturated rings. The number of pyridine rings is 1. The number of nitro groups is 1. The van der Waals surface area contributed by atoms with Crippen LogP contribution in [0.2, 0.25) is 0 Å². The van der Waals surface area contributed by atoms with Crippen LogP contribution in [-0.2, 0) is 6.42 Å². The molecule has 0 atom stereocenters. The Labute approximate surface area is 208 Å². The molecular formula is C27H23N7O2. The van der Waals surface area contributed by atoms with E-state index < -0.39 is 4.92 Å². The molecule has 1 heterocycles. The van der Waals surface area contributed by atoms with Gasteiger partial charge in [-0.25, -0.2) is 4.98 Å². The predicted molar refractivity (Wildman–Crippen MR) is 139 cm³/mol. The second-order valence-electron chi connectivity index (χ2n) is 7.90. The Morgan fingerprint density at radius 1 is 0.944 bits per heavy atom. The predicted octanol–water partition coefficient (Wildman–Crippen LogP) is 6.98. The van der Waals surface area contributed by atoms with Crippen molar-refractivity contribution >= 4 is 34.4 Å². The van der Waals surface area contributed by atoms with Crippen LogP contribution in [-0.4, -0.2) is 16.5 Å². The number of benzene rings is 3. The largest absolute Gasteiger partial charge is 0.368 e. The first kappa shape index (κ1) is 24.0. The fourth-order valence-corrected chi connectivity index (χ4v) is 3.54. The maximum Gasteiger partial charge on any atom is 0.269 e. The number of nitrogens with one attached hydrogen (secondary N) is 2. The molecule has 4 rings (SSSR count). The minimum atomic E-state index is -0.471. The highest BCUT2D eigenvalue weighted by atomic mass is 16.6. The number of hydrogen-bond donors (Lipinski definition) is 2. The van der Waals surface area contributed by atoms with E-state index in [0.717, 1.165) is 12.1 Å². The molecule has 0 unspecified atom stereocenters. The first-order valence-corrected chi connectivity index (χ1v) is 11.3. The fourth-order valence-electron chi connectivity index (χ4n) is 3.54. The van der Waals surface area contributed by atoms with Gasteiger partial charge in [0.05, 0.1) is 16.2 Å². The standard InChI is InChI=1S/C27H23N7O2/c1-19-24(18-28)26(30-21-10-6-3-7-11-21)31-27(29-17-16-20-8-4-2-5-9-20)25(19)33-32-22-12-14-23(15-13-22)34(35)36/h2-15H,16-17H2,1H3,(H2,29,30,31). The van der Waals surface area contributed by atoms with Crippen molar-refractivity contribution in [3.8, 4) is 6.07 Å². The van der Waals surface area contributed by atoms with Crippen LogP contribution in [0.15, 0.2) is 95.2 Å². The topological polar surface area (TPSA) is 129 Å². The van der Waals surface area contributed by atoms with Crippen LogP contribution in [0.25, 0.3) is 0 Å².